The second-order valence-corrected chi connectivity index (χ2v) is 5.19. The first kappa shape index (κ1) is 19.6. The van der Waals surface area contributed by atoms with Gasteiger partial charge in [-0.1, -0.05) is 0 Å². The molecule has 1 aromatic carbocycles. The lowest BCUT2D eigenvalue weighted by atomic mass is 9.92. The van der Waals surface area contributed by atoms with E-state index in [1.165, 1.54) is 6.07 Å². The van der Waals surface area contributed by atoms with Gasteiger partial charge in [-0.25, -0.2) is 8.78 Å². The van der Waals surface area contributed by atoms with Gasteiger partial charge in [0.25, 0.3) is 0 Å². The summed E-state index contributed by atoms with van der Waals surface area (Å²) in [4.78, 5) is 11.9. The zero-order valence-corrected chi connectivity index (χ0v) is 13.4. The number of hydrogen-bond acceptors (Lipinski definition) is 4. The Morgan fingerprint density at radius 2 is 2.09 bits per heavy atom. The molecule has 0 spiro atoms. The number of nitrogens with two attached hydrogens (primary N) is 1. The summed E-state index contributed by atoms with van der Waals surface area (Å²) < 4.78 is 36.4. The van der Waals surface area contributed by atoms with Crippen molar-refractivity contribution in [3.8, 4) is 5.75 Å². The third-order valence-corrected chi connectivity index (χ3v) is 3.63. The van der Waals surface area contributed by atoms with Gasteiger partial charge >= 0.3 is 0 Å². The summed E-state index contributed by atoms with van der Waals surface area (Å²) in [5.74, 6) is -1.63. The fraction of sp³-hybridized carbons (Fsp3) is 0.533. The molecule has 5 nitrogen and oxygen atoms in total. The molecule has 1 aliphatic heterocycles. The third-order valence-electron chi connectivity index (χ3n) is 3.63. The van der Waals surface area contributed by atoms with Crippen LogP contribution >= 0.6 is 12.4 Å². The summed E-state index contributed by atoms with van der Waals surface area (Å²) in [6, 6.07) is 2.49. The maximum absolute atomic E-state index is 13.3. The minimum Gasteiger partial charge on any atom is -0.489 e. The van der Waals surface area contributed by atoms with Gasteiger partial charge in [-0.2, -0.15) is 0 Å². The SMILES string of the molecule is Cl.NC(C(=O)NCCOc1ccc(F)cc1F)C1CCOCC1. The first-order chi connectivity index (χ1) is 10.6. The van der Waals surface area contributed by atoms with Crippen LogP contribution in [0.25, 0.3) is 0 Å². The topological polar surface area (TPSA) is 73.6 Å². The predicted molar refractivity (Wildman–Crippen MR) is 83.6 cm³/mol. The van der Waals surface area contributed by atoms with Gasteiger partial charge in [0.1, 0.15) is 12.4 Å². The van der Waals surface area contributed by atoms with E-state index in [1.54, 1.807) is 0 Å². The molecule has 1 aliphatic rings. The number of carbonyl (C=O) groups excluding carboxylic acids is 1. The van der Waals surface area contributed by atoms with E-state index in [0.717, 1.165) is 25.0 Å². The molecule has 0 bridgehead atoms. The first-order valence-corrected chi connectivity index (χ1v) is 7.27. The number of rotatable bonds is 6. The molecule has 0 saturated carbocycles. The van der Waals surface area contributed by atoms with Gasteiger partial charge in [-0.15, -0.1) is 12.4 Å². The summed E-state index contributed by atoms with van der Waals surface area (Å²) in [6.07, 6.45) is 1.54. The Kier molecular flexibility index (Phi) is 8.22. The lowest BCUT2D eigenvalue weighted by Crippen LogP contribution is -2.47. The van der Waals surface area contributed by atoms with E-state index in [1.807, 2.05) is 0 Å². The lowest BCUT2D eigenvalue weighted by Gasteiger charge is -2.26. The van der Waals surface area contributed by atoms with Crippen LogP contribution in [-0.4, -0.2) is 38.3 Å². The zero-order chi connectivity index (χ0) is 15.9. The van der Waals surface area contributed by atoms with Crippen LogP contribution < -0.4 is 15.8 Å². The Balaban J connectivity index is 0.00000264. The van der Waals surface area contributed by atoms with Crippen molar-refractivity contribution in [2.45, 2.75) is 18.9 Å². The van der Waals surface area contributed by atoms with E-state index in [2.05, 4.69) is 5.32 Å². The molecule has 1 fully saturated rings. The number of carbonyl (C=O) groups is 1. The Hall–Kier alpha value is -1.44. The van der Waals surface area contributed by atoms with Gasteiger partial charge in [0.2, 0.25) is 5.91 Å². The maximum atomic E-state index is 13.3. The summed E-state index contributed by atoms with van der Waals surface area (Å²) in [7, 11) is 0. The zero-order valence-electron chi connectivity index (χ0n) is 12.6. The van der Waals surface area contributed by atoms with Crippen molar-refractivity contribution in [1.82, 2.24) is 5.32 Å². The number of halogens is 3. The van der Waals surface area contributed by atoms with Crippen molar-refractivity contribution in [3.05, 3.63) is 29.8 Å². The van der Waals surface area contributed by atoms with E-state index in [9.17, 15) is 13.6 Å². The molecule has 8 heteroatoms. The molecule has 1 heterocycles. The minimum absolute atomic E-state index is 0. The second kappa shape index (κ2) is 9.64. The largest absolute Gasteiger partial charge is 0.489 e. The van der Waals surface area contributed by atoms with Gasteiger partial charge in [0.15, 0.2) is 11.6 Å². The van der Waals surface area contributed by atoms with Gasteiger partial charge in [0.05, 0.1) is 12.6 Å². The summed E-state index contributed by atoms with van der Waals surface area (Å²) in [5, 5.41) is 2.65. The molecule has 1 unspecified atom stereocenters. The Labute approximate surface area is 139 Å². The maximum Gasteiger partial charge on any atom is 0.237 e. The second-order valence-electron chi connectivity index (χ2n) is 5.19. The summed E-state index contributed by atoms with van der Waals surface area (Å²) in [5.41, 5.74) is 5.92. The van der Waals surface area contributed by atoms with Crippen LogP contribution in [0.2, 0.25) is 0 Å². The fourth-order valence-corrected chi connectivity index (χ4v) is 2.33. The van der Waals surface area contributed by atoms with Crippen molar-refractivity contribution >= 4 is 18.3 Å². The highest BCUT2D eigenvalue weighted by Crippen LogP contribution is 2.18. The molecular weight excluding hydrogens is 330 g/mol. The molecule has 0 aliphatic carbocycles. The van der Waals surface area contributed by atoms with Crippen LogP contribution in [0.5, 0.6) is 5.75 Å². The molecule has 23 heavy (non-hydrogen) atoms. The minimum atomic E-state index is -0.773. The quantitative estimate of drug-likeness (QED) is 0.765. The average Bonchev–Trinajstić information content (AvgIpc) is 2.53. The van der Waals surface area contributed by atoms with Crippen LogP contribution in [0.15, 0.2) is 18.2 Å². The molecule has 0 aromatic heterocycles. The third kappa shape index (κ3) is 5.93. The molecule has 1 saturated heterocycles. The average molecular weight is 351 g/mol. The van der Waals surface area contributed by atoms with Crippen LogP contribution in [0.3, 0.4) is 0 Å². The van der Waals surface area contributed by atoms with Crippen LogP contribution in [0.1, 0.15) is 12.8 Å². The fourth-order valence-electron chi connectivity index (χ4n) is 2.33. The predicted octanol–water partition coefficient (Wildman–Crippen LogP) is 1.64. The van der Waals surface area contributed by atoms with E-state index in [0.29, 0.717) is 13.2 Å². The Morgan fingerprint density at radius 3 is 2.74 bits per heavy atom. The van der Waals surface area contributed by atoms with Crippen molar-refractivity contribution < 1.29 is 23.0 Å². The first-order valence-electron chi connectivity index (χ1n) is 7.27. The van der Waals surface area contributed by atoms with Gasteiger partial charge < -0.3 is 20.5 Å². The van der Waals surface area contributed by atoms with Gasteiger partial charge in [-0.3, -0.25) is 4.79 Å². The number of ether oxygens (including phenoxy) is 2. The van der Waals surface area contributed by atoms with Crippen molar-refractivity contribution in [1.29, 1.82) is 0 Å². The lowest BCUT2D eigenvalue weighted by molar-refractivity contribution is -0.124. The highest BCUT2D eigenvalue weighted by atomic mass is 35.5. The normalized spacial score (nSPS) is 16.3. The standard InChI is InChI=1S/C15H20F2N2O3.ClH/c16-11-1-2-13(12(17)9-11)22-8-5-19-15(20)14(18)10-3-6-21-7-4-10;/h1-2,9-10,14H,3-8,18H2,(H,19,20);1H. The molecule has 130 valence electrons. The molecule has 0 radical (unpaired) electrons. The number of nitrogens with one attached hydrogen (secondary N) is 1. The van der Waals surface area contributed by atoms with E-state index in [4.69, 9.17) is 15.2 Å². The van der Waals surface area contributed by atoms with E-state index < -0.39 is 17.7 Å². The monoisotopic (exact) mass is 350 g/mol. The number of hydrogen-bond donors (Lipinski definition) is 2. The van der Waals surface area contributed by atoms with Crippen LogP contribution in [0, 0.1) is 17.6 Å². The van der Waals surface area contributed by atoms with Crippen molar-refractivity contribution in [2.75, 3.05) is 26.4 Å². The van der Waals surface area contributed by atoms with E-state index in [-0.39, 0.29) is 43.1 Å². The molecule has 1 atom stereocenters. The molecular formula is C15H21ClF2N2O3. The van der Waals surface area contributed by atoms with Gasteiger partial charge in [-0.05, 0) is 30.9 Å². The van der Waals surface area contributed by atoms with Crippen molar-refractivity contribution in [2.24, 2.45) is 11.7 Å². The Morgan fingerprint density at radius 1 is 1.39 bits per heavy atom. The number of amides is 1. The molecule has 2 rings (SSSR count). The van der Waals surface area contributed by atoms with Gasteiger partial charge in [0, 0.05) is 19.3 Å². The smallest absolute Gasteiger partial charge is 0.237 e. The highest BCUT2D eigenvalue weighted by molar-refractivity contribution is 5.85. The summed E-state index contributed by atoms with van der Waals surface area (Å²) in [6.45, 7) is 1.53. The van der Waals surface area contributed by atoms with Crippen LogP contribution in [0.4, 0.5) is 8.78 Å². The van der Waals surface area contributed by atoms with Crippen LogP contribution in [-0.2, 0) is 9.53 Å². The number of benzene rings is 1. The molecule has 1 amide bonds. The highest BCUT2D eigenvalue weighted by Gasteiger charge is 2.26. The Bertz CT molecular complexity index is 513. The molecule has 1 aromatic rings. The summed E-state index contributed by atoms with van der Waals surface area (Å²) >= 11 is 0. The van der Waals surface area contributed by atoms with Crippen molar-refractivity contribution in [3.63, 3.8) is 0 Å². The van der Waals surface area contributed by atoms with E-state index >= 15 is 0 Å². The molecule has 3 N–H and O–H groups in total.